The predicted molar refractivity (Wildman–Crippen MR) is 60.6 cm³/mol. The maximum absolute atomic E-state index is 3.14. The summed E-state index contributed by atoms with van der Waals surface area (Å²) in [5.41, 5.74) is 0.500. The van der Waals surface area contributed by atoms with Crippen LogP contribution in [-0.2, 0) is 0 Å². The van der Waals surface area contributed by atoms with E-state index in [1.54, 1.807) is 0 Å². The van der Waals surface area contributed by atoms with Crippen LogP contribution in [0.2, 0.25) is 0 Å². The molecule has 0 radical (unpaired) electrons. The highest BCUT2D eigenvalue weighted by Gasteiger charge is 1.95. The zero-order chi connectivity index (χ0) is 10.2. The van der Waals surface area contributed by atoms with Crippen molar-refractivity contribution in [1.29, 1.82) is 0 Å². The normalized spacial score (nSPS) is 16.9. The smallest absolute Gasteiger partial charge is 0.00886 e. The van der Waals surface area contributed by atoms with Crippen LogP contribution in [0.1, 0.15) is 66.2 Å². The van der Waals surface area contributed by atoms with Gasteiger partial charge in [-0.2, -0.15) is 0 Å². The van der Waals surface area contributed by atoms with Crippen LogP contribution in [0.5, 0.6) is 0 Å². The molecule has 0 heterocycles. The second-order valence-electron chi connectivity index (χ2n) is 5.27. The molecule has 0 unspecified atom stereocenters. The summed E-state index contributed by atoms with van der Waals surface area (Å²) in [6.45, 7) is 8.75. The Morgan fingerprint density at radius 3 is 1.31 bits per heavy atom. The quantitative estimate of drug-likeness (QED) is 0.485. The van der Waals surface area contributed by atoms with Gasteiger partial charge in [0.25, 0.3) is 0 Å². The molecule has 0 saturated heterocycles. The first kappa shape index (κ1) is 12.6. The topological polar surface area (TPSA) is 0 Å². The Morgan fingerprint density at radius 2 is 1.00 bits per heavy atom. The Balaban J connectivity index is 0.000000252. The summed E-state index contributed by atoms with van der Waals surface area (Å²) < 4.78 is 0. The molecular formula is C13H24. The minimum atomic E-state index is 0.500. The standard InChI is InChI=1S/C8H12.C5H12/c1-2-4-6-8-7-5-3-1;1-5(2,3)4/h1-6H2;1-4H3. The third kappa shape index (κ3) is 18.5. The molecule has 0 aromatic heterocycles. The second kappa shape index (κ2) is 7.01. The molecule has 0 amide bonds. The van der Waals surface area contributed by atoms with Crippen molar-refractivity contribution in [1.82, 2.24) is 0 Å². The van der Waals surface area contributed by atoms with E-state index in [1.165, 1.54) is 25.7 Å². The summed E-state index contributed by atoms with van der Waals surface area (Å²) >= 11 is 0. The number of hydrogen-bond donors (Lipinski definition) is 0. The van der Waals surface area contributed by atoms with Crippen molar-refractivity contribution in [2.45, 2.75) is 66.2 Å². The summed E-state index contributed by atoms with van der Waals surface area (Å²) in [5.74, 6) is 6.27. The molecule has 0 fully saturated rings. The van der Waals surface area contributed by atoms with E-state index in [4.69, 9.17) is 0 Å². The van der Waals surface area contributed by atoms with E-state index in [0.29, 0.717) is 5.41 Å². The summed E-state index contributed by atoms with van der Waals surface area (Å²) in [6, 6.07) is 0. The molecule has 1 rings (SSSR count). The molecule has 0 bridgehead atoms. The fraction of sp³-hybridized carbons (Fsp3) is 0.846. The van der Waals surface area contributed by atoms with Gasteiger partial charge < -0.3 is 0 Å². The maximum Gasteiger partial charge on any atom is 0.00886 e. The summed E-state index contributed by atoms with van der Waals surface area (Å²) in [5, 5.41) is 0. The summed E-state index contributed by atoms with van der Waals surface area (Å²) in [6.07, 6.45) is 7.73. The highest BCUT2D eigenvalue weighted by atomic mass is 14.0. The van der Waals surface area contributed by atoms with Crippen molar-refractivity contribution < 1.29 is 0 Å². The van der Waals surface area contributed by atoms with Crippen LogP contribution in [0.15, 0.2) is 0 Å². The van der Waals surface area contributed by atoms with Crippen molar-refractivity contribution in [2.24, 2.45) is 5.41 Å². The Kier molecular flexibility index (Phi) is 6.77. The molecule has 0 nitrogen and oxygen atoms in total. The third-order valence-corrected chi connectivity index (χ3v) is 1.48. The SMILES string of the molecule is C1#CCCCCCC1.CC(C)(C)C. The molecule has 0 N–H and O–H groups in total. The van der Waals surface area contributed by atoms with Gasteiger partial charge in [-0.05, 0) is 18.3 Å². The van der Waals surface area contributed by atoms with E-state index in [2.05, 4.69) is 39.5 Å². The molecule has 1 aliphatic rings. The van der Waals surface area contributed by atoms with Gasteiger partial charge in [-0.1, -0.05) is 40.5 Å². The fourth-order valence-electron chi connectivity index (χ4n) is 0.957. The monoisotopic (exact) mass is 180 g/mol. The number of rotatable bonds is 0. The first-order valence-electron chi connectivity index (χ1n) is 5.46. The van der Waals surface area contributed by atoms with Crippen LogP contribution in [0.3, 0.4) is 0 Å². The predicted octanol–water partition coefficient (Wildman–Crippen LogP) is 4.40. The molecule has 0 atom stereocenters. The Labute approximate surface area is 84.1 Å². The fourth-order valence-corrected chi connectivity index (χ4v) is 0.957. The zero-order valence-corrected chi connectivity index (χ0v) is 9.74. The summed E-state index contributed by atoms with van der Waals surface area (Å²) in [4.78, 5) is 0. The largest absolute Gasteiger partial charge is 0.103 e. The van der Waals surface area contributed by atoms with E-state index < -0.39 is 0 Å². The highest BCUT2D eigenvalue weighted by Crippen LogP contribution is 2.08. The van der Waals surface area contributed by atoms with E-state index in [9.17, 15) is 0 Å². The first-order valence-corrected chi connectivity index (χ1v) is 5.46. The van der Waals surface area contributed by atoms with Gasteiger partial charge in [-0.3, -0.25) is 0 Å². The van der Waals surface area contributed by atoms with Gasteiger partial charge in [0.05, 0.1) is 0 Å². The number of hydrogen-bond acceptors (Lipinski definition) is 0. The van der Waals surface area contributed by atoms with Gasteiger partial charge in [0, 0.05) is 12.8 Å². The minimum absolute atomic E-state index is 0.500. The second-order valence-corrected chi connectivity index (χ2v) is 5.27. The minimum Gasteiger partial charge on any atom is -0.103 e. The van der Waals surface area contributed by atoms with E-state index >= 15 is 0 Å². The van der Waals surface area contributed by atoms with Crippen LogP contribution >= 0.6 is 0 Å². The Morgan fingerprint density at radius 1 is 0.692 bits per heavy atom. The lowest BCUT2D eigenvalue weighted by Gasteiger charge is -2.05. The molecular weight excluding hydrogens is 156 g/mol. The molecule has 76 valence electrons. The van der Waals surface area contributed by atoms with E-state index in [1.807, 2.05) is 0 Å². The van der Waals surface area contributed by atoms with Crippen LogP contribution in [0, 0.1) is 17.3 Å². The lowest BCUT2D eigenvalue weighted by Crippen LogP contribution is -1.93. The van der Waals surface area contributed by atoms with Crippen molar-refractivity contribution in [3.8, 4) is 11.8 Å². The van der Waals surface area contributed by atoms with Crippen LogP contribution < -0.4 is 0 Å². The molecule has 0 aliphatic heterocycles. The van der Waals surface area contributed by atoms with Crippen molar-refractivity contribution in [3.63, 3.8) is 0 Å². The van der Waals surface area contributed by atoms with Gasteiger partial charge in [0.15, 0.2) is 0 Å². The maximum atomic E-state index is 3.14. The lowest BCUT2D eigenvalue weighted by atomic mass is 10.0. The van der Waals surface area contributed by atoms with Crippen LogP contribution in [0.25, 0.3) is 0 Å². The average Bonchev–Trinajstić information content (AvgIpc) is 1.79. The average molecular weight is 180 g/mol. The molecule has 0 aromatic rings. The molecule has 0 spiro atoms. The Hall–Kier alpha value is -0.440. The van der Waals surface area contributed by atoms with Crippen molar-refractivity contribution in [2.75, 3.05) is 0 Å². The molecule has 13 heavy (non-hydrogen) atoms. The van der Waals surface area contributed by atoms with E-state index in [-0.39, 0.29) is 0 Å². The van der Waals surface area contributed by atoms with Gasteiger partial charge >= 0.3 is 0 Å². The Bertz CT molecular complexity index is 143. The summed E-state index contributed by atoms with van der Waals surface area (Å²) in [7, 11) is 0. The highest BCUT2D eigenvalue weighted by molar-refractivity contribution is 4.99. The van der Waals surface area contributed by atoms with Gasteiger partial charge in [0.2, 0.25) is 0 Å². The molecule has 0 heteroatoms. The van der Waals surface area contributed by atoms with Crippen LogP contribution in [-0.4, -0.2) is 0 Å². The zero-order valence-electron chi connectivity index (χ0n) is 9.74. The lowest BCUT2D eigenvalue weighted by molar-refractivity contribution is 0.469. The van der Waals surface area contributed by atoms with Crippen molar-refractivity contribution >= 4 is 0 Å². The van der Waals surface area contributed by atoms with Crippen LogP contribution in [0.4, 0.5) is 0 Å². The van der Waals surface area contributed by atoms with Gasteiger partial charge in [-0.25, -0.2) is 0 Å². The van der Waals surface area contributed by atoms with Gasteiger partial charge in [-0.15, -0.1) is 11.8 Å². The van der Waals surface area contributed by atoms with E-state index in [0.717, 1.165) is 12.8 Å². The first-order chi connectivity index (χ1) is 6.00. The molecule has 1 aliphatic carbocycles. The van der Waals surface area contributed by atoms with Crippen molar-refractivity contribution in [3.05, 3.63) is 0 Å². The molecule has 0 saturated carbocycles. The third-order valence-electron chi connectivity index (χ3n) is 1.48. The molecule has 0 aromatic carbocycles. The van der Waals surface area contributed by atoms with Gasteiger partial charge in [0.1, 0.15) is 0 Å².